The number of anilines is 1. The molecule has 11 heteroatoms. The van der Waals surface area contributed by atoms with Crippen LogP contribution in [0.5, 0.6) is 5.75 Å². The van der Waals surface area contributed by atoms with Crippen molar-refractivity contribution in [3.63, 3.8) is 0 Å². The zero-order valence-electron chi connectivity index (χ0n) is 27.5. The first-order valence-electron chi connectivity index (χ1n) is 16.8. The zero-order chi connectivity index (χ0) is 33.2. The number of carbonyl (C=O) groups is 2. The number of rotatable bonds is 4. The van der Waals surface area contributed by atoms with E-state index >= 15 is 0 Å². The van der Waals surface area contributed by atoms with E-state index in [1.165, 1.54) is 5.56 Å². The van der Waals surface area contributed by atoms with Gasteiger partial charge >= 0.3 is 0 Å². The van der Waals surface area contributed by atoms with Crippen molar-refractivity contribution in [3.05, 3.63) is 64.7 Å². The smallest absolute Gasteiger partial charge is 0.287 e. The second kappa shape index (κ2) is 14.3. The standard InChI is InChI=1S/C36H46ClN3O6S/c1-36(2)35(42)39-47(43,38-34(41)19-24-9-10-24)29-14-16-33-31(21-29)40(22-26-12-15-30(26)32(44-3)8-6-18-46-36)17-5-4-7-25-20-28(37)13-11-27(25)23-45-33/h6,8,11,13-14,16,20-21,24,26,30,32H,4-5,7,9-10,12,15,17-19,22-23H2,1-3H3,(H,38,39,41,42,43)/b8-6+/t26-,30+,32-,47-/m0/s1. The van der Waals surface area contributed by atoms with Gasteiger partial charge in [0.15, 0.2) is 9.92 Å². The molecular formula is C36H46ClN3O6S. The molecule has 254 valence electrons. The summed E-state index contributed by atoms with van der Waals surface area (Å²) >= 11 is 6.37. The van der Waals surface area contributed by atoms with Crippen molar-refractivity contribution in [2.24, 2.45) is 22.1 Å². The van der Waals surface area contributed by atoms with E-state index in [1.807, 2.05) is 30.4 Å². The van der Waals surface area contributed by atoms with E-state index in [0.29, 0.717) is 29.2 Å². The number of methoxy groups -OCH3 is 1. The number of hydrogen-bond donors (Lipinski definition) is 1. The van der Waals surface area contributed by atoms with Gasteiger partial charge in [0.25, 0.3) is 5.91 Å². The first-order valence-corrected chi connectivity index (χ1v) is 18.7. The van der Waals surface area contributed by atoms with Crippen LogP contribution in [0.4, 0.5) is 5.69 Å². The number of nitrogens with one attached hydrogen (secondary N) is 1. The third kappa shape index (κ3) is 8.04. The van der Waals surface area contributed by atoms with Crippen LogP contribution in [0.2, 0.25) is 5.02 Å². The first-order chi connectivity index (χ1) is 22.5. The lowest BCUT2D eigenvalue weighted by atomic mass is 9.70. The lowest BCUT2D eigenvalue weighted by molar-refractivity contribution is -0.137. The SMILES string of the molecule is CO[C@H]1/C=C/COC(C)(C)C(=O)N=[S@@](=O)(NC(=O)CC2CC2)c2ccc3c(c2)N(CCCCc2cc(Cl)ccc2CO3)C[C@@H]2CC[C@H]21. The number of hydrogen-bond acceptors (Lipinski definition) is 7. The van der Waals surface area contributed by atoms with Crippen LogP contribution >= 0.6 is 11.6 Å². The summed E-state index contributed by atoms with van der Waals surface area (Å²) < 4.78 is 40.1. The highest BCUT2D eigenvalue weighted by atomic mass is 35.5. The molecule has 0 spiro atoms. The van der Waals surface area contributed by atoms with E-state index in [-0.39, 0.29) is 35.9 Å². The lowest BCUT2D eigenvalue weighted by Crippen LogP contribution is -2.44. The maximum atomic E-state index is 14.8. The van der Waals surface area contributed by atoms with Crippen LogP contribution in [-0.4, -0.2) is 54.5 Å². The summed E-state index contributed by atoms with van der Waals surface area (Å²) in [5.74, 6) is 0.493. The number of carbonyl (C=O) groups excluding carboxylic acids is 2. The number of aryl methyl sites for hydroxylation is 1. The van der Waals surface area contributed by atoms with Crippen LogP contribution in [0.1, 0.15) is 69.9 Å². The molecule has 4 atom stereocenters. The van der Waals surface area contributed by atoms with Gasteiger partial charge in [0.05, 0.1) is 23.3 Å². The molecule has 2 aromatic rings. The molecule has 1 N–H and O–H groups in total. The Morgan fingerprint density at radius 2 is 1.96 bits per heavy atom. The van der Waals surface area contributed by atoms with Crippen LogP contribution in [-0.2, 0) is 42.0 Å². The summed E-state index contributed by atoms with van der Waals surface area (Å²) in [6, 6.07) is 11.2. The molecule has 47 heavy (non-hydrogen) atoms. The molecule has 2 aliphatic carbocycles. The van der Waals surface area contributed by atoms with Crippen LogP contribution in [0, 0.1) is 17.8 Å². The molecule has 9 nitrogen and oxygen atoms in total. The van der Waals surface area contributed by atoms with Gasteiger partial charge in [-0.05, 0) is 118 Å². The topological polar surface area (TPSA) is 107 Å². The molecule has 2 fully saturated rings. The predicted octanol–water partition coefficient (Wildman–Crippen LogP) is 6.65. The Kier molecular flexibility index (Phi) is 10.3. The van der Waals surface area contributed by atoms with Gasteiger partial charge in [0, 0.05) is 31.6 Å². The number of benzene rings is 2. The quantitative estimate of drug-likeness (QED) is 0.360. The minimum absolute atomic E-state index is 0.0839. The van der Waals surface area contributed by atoms with Crippen molar-refractivity contribution >= 4 is 39.0 Å². The minimum atomic E-state index is -3.72. The van der Waals surface area contributed by atoms with Crippen LogP contribution in [0.25, 0.3) is 0 Å². The summed E-state index contributed by atoms with van der Waals surface area (Å²) in [4.78, 5) is 29.3. The van der Waals surface area contributed by atoms with E-state index in [1.54, 1.807) is 39.2 Å². The number of fused-ring (bicyclic) bond motifs is 3. The molecule has 0 saturated heterocycles. The summed E-state index contributed by atoms with van der Waals surface area (Å²) in [5.41, 5.74) is 1.63. The Balaban J connectivity index is 1.46. The molecule has 2 bridgehead atoms. The number of amides is 2. The summed E-state index contributed by atoms with van der Waals surface area (Å²) in [6.45, 7) is 5.22. The van der Waals surface area contributed by atoms with Crippen LogP contribution in [0.15, 0.2) is 57.8 Å². The number of ether oxygens (including phenoxy) is 3. The Hall–Kier alpha value is -2.92. The minimum Gasteiger partial charge on any atom is -0.487 e. The molecular weight excluding hydrogens is 638 g/mol. The van der Waals surface area contributed by atoms with Crippen molar-refractivity contribution in [2.75, 3.05) is 31.7 Å². The Labute approximate surface area is 283 Å². The van der Waals surface area contributed by atoms with Crippen molar-refractivity contribution < 1.29 is 28.0 Å². The fourth-order valence-electron chi connectivity index (χ4n) is 6.67. The first kappa shape index (κ1) is 34.0. The monoisotopic (exact) mass is 683 g/mol. The summed E-state index contributed by atoms with van der Waals surface area (Å²) in [5, 5.41) is 0.706. The van der Waals surface area contributed by atoms with E-state index in [2.05, 4.69) is 14.0 Å². The fourth-order valence-corrected chi connectivity index (χ4v) is 8.51. The van der Waals surface area contributed by atoms with E-state index in [4.69, 9.17) is 25.8 Å². The third-order valence-electron chi connectivity index (χ3n) is 9.91. The molecule has 2 aliphatic heterocycles. The highest BCUT2D eigenvalue weighted by Crippen LogP contribution is 2.42. The van der Waals surface area contributed by atoms with Gasteiger partial charge in [-0.25, -0.2) is 4.21 Å². The molecule has 2 aromatic carbocycles. The molecule has 6 rings (SSSR count). The summed E-state index contributed by atoms with van der Waals surface area (Å²) in [6.07, 6.45) is 10.9. The summed E-state index contributed by atoms with van der Waals surface area (Å²) in [7, 11) is -1.98. The number of nitrogens with zero attached hydrogens (tertiary/aromatic N) is 2. The molecule has 2 amide bonds. The molecule has 4 aliphatic rings. The highest BCUT2D eigenvalue weighted by molar-refractivity contribution is 7.92. The van der Waals surface area contributed by atoms with Crippen molar-refractivity contribution in [1.82, 2.24) is 4.72 Å². The molecule has 0 radical (unpaired) electrons. The van der Waals surface area contributed by atoms with Gasteiger partial charge in [0.1, 0.15) is 18.0 Å². The Morgan fingerprint density at radius 3 is 2.70 bits per heavy atom. The Morgan fingerprint density at radius 1 is 1.13 bits per heavy atom. The lowest BCUT2D eigenvalue weighted by Gasteiger charge is -2.43. The molecule has 2 heterocycles. The van der Waals surface area contributed by atoms with Gasteiger partial charge in [0.2, 0.25) is 5.91 Å². The van der Waals surface area contributed by atoms with Crippen molar-refractivity contribution in [1.29, 1.82) is 0 Å². The van der Waals surface area contributed by atoms with Gasteiger partial charge in [-0.15, -0.1) is 4.36 Å². The molecule has 2 saturated carbocycles. The maximum Gasteiger partial charge on any atom is 0.287 e. The van der Waals surface area contributed by atoms with Gasteiger partial charge < -0.3 is 19.1 Å². The van der Waals surface area contributed by atoms with Crippen molar-refractivity contribution in [3.8, 4) is 5.75 Å². The molecule has 0 aromatic heterocycles. The third-order valence-corrected chi connectivity index (χ3v) is 12.0. The van der Waals surface area contributed by atoms with Gasteiger partial charge in [-0.2, -0.15) is 0 Å². The van der Waals surface area contributed by atoms with Crippen LogP contribution in [0.3, 0.4) is 0 Å². The second-order valence-electron chi connectivity index (χ2n) is 13.8. The van der Waals surface area contributed by atoms with Crippen LogP contribution < -0.4 is 14.4 Å². The molecule has 0 unspecified atom stereocenters. The largest absolute Gasteiger partial charge is 0.487 e. The van der Waals surface area contributed by atoms with E-state index < -0.39 is 21.4 Å². The van der Waals surface area contributed by atoms with E-state index in [9.17, 15) is 13.8 Å². The predicted molar refractivity (Wildman–Crippen MR) is 183 cm³/mol. The second-order valence-corrected chi connectivity index (χ2v) is 16.1. The average Bonchev–Trinajstić information content (AvgIpc) is 3.84. The normalized spacial score (nSPS) is 28.6. The average molecular weight is 684 g/mol. The van der Waals surface area contributed by atoms with Crippen molar-refractivity contribution in [2.45, 2.75) is 88.4 Å². The maximum absolute atomic E-state index is 14.8. The zero-order valence-corrected chi connectivity index (χ0v) is 29.1. The highest BCUT2D eigenvalue weighted by Gasteiger charge is 2.38. The van der Waals surface area contributed by atoms with E-state index in [0.717, 1.165) is 69.3 Å². The van der Waals surface area contributed by atoms with Gasteiger partial charge in [-0.3, -0.25) is 14.3 Å². The fraction of sp³-hybridized carbons (Fsp3) is 0.556. The van der Waals surface area contributed by atoms with Gasteiger partial charge in [-0.1, -0.05) is 29.8 Å². The number of halogens is 1. The Bertz CT molecular complexity index is 1650.